The van der Waals surface area contributed by atoms with Crippen LogP contribution in [0.4, 0.5) is 0 Å². The highest BCUT2D eigenvalue weighted by Crippen LogP contribution is 2.33. The molecule has 90 valence electrons. The van der Waals surface area contributed by atoms with Crippen molar-refractivity contribution < 1.29 is 0 Å². The molecule has 1 N–H and O–H groups in total. The minimum Gasteiger partial charge on any atom is -0.314 e. The van der Waals surface area contributed by atoms with Crippen LogP contribution >= 0.6 is 11.3 Å². The fraction of sp³-hybridized carbons (Fsp3) is 0.769. The minimum atomic E-state index is 0.662. The molecule has 1 aromatic rings. The maximum atomic E-state index is 4.17. The van der Waals surface area contributed by atoms with Crippen molar-refractivity contribution in [3.63, 3.8) is 0 Å². The molecular formula is C13H22N2S. The van der Waals surface area contributed by atoms with Gasteiger partial charge in [0.15, 0.2) is 0 Å². The molecule has 2 rings (SSSR count). The molecule has 1 aromatic heterocycles. The Morgan fingerprint density at radius 1 is 1.56 bits per heavy atom. The van der Waals surface area contributed by atoms with E-state index in [-0.39, 0.29) is 0 Å². The van der Waals surface area contributed by atoms with E-state index in [1.165, 1.54) is 24.1 Å². The van der Waals surface area contributed by atoms with E-state index in [9.17, 15) is 0 Å². The van der Waals surface area contributed by atoms with E-state index in [4.69, 9.17) is 0 Å². The zero-order valence-corrected chi connectivity index (χ0v) is 11.1. The molecule has 2 nitrogen and oxygen atoms in total. The number of rotatable bonds is 5. The van der Waals surface area contributed by atoms with Gasteiger partial charge in [0.25, 0.3) is 0 Å². The standard InChI is InChI=1S/C13H22N2S/c1-3-15-13(7-12-8-14-9-16-12)11-5-4-10(2)6-11/h8-11,13,15H,3-7H2,1-2H3. The highest BCUT2D eigenvalue weighted by atomic mass is 32.1. The molecule has 0 radical (unpaired) electrons. The quantitative estimate of drug-likeness (QED) is 0.852. The summed E-state index contributed by atoms with van der Waals surface area (Å²) in [5, 5.41) is 3.66. The van der Waals surface area contributed by atoms with E-state index in [1.54, 1.807) is 11.3 Å². The molecule has 1 saturated carbocycles. The van der Waals surface area contributed by atoms with Crippen molar-refractivity contribution in [2.45, 2.75) is 45.6 Å². The van der Waals surface area contributed by atoms with Crippen molar-refractivity contribution in [1.82, 2.24) is 10.3 Å². The monoisotopic (exact) mass is 238 g/mol. The van der Waals surface area contributed by atoms with Crippen molar-refractivity contribution in [1.29, 1.82) is 0 Å². The highest BCUT2D eigenvalue weighted by molar-refractivity contribution is 7.09. The maximum absolute atomic E-state index is 4.17. The van der Waals surface area contributed by atoms with Crippen LogP contribution in [0.2, 0.25) is 0 Å². The number of thiazole rings is 1. The smallest absolute Gasteiger partial charge is 0.0794 e. The molecule has 0 aromatic carbocycles. The van der Waals surface area contributed by atoms with Gasteiger partial charge in [0.1, 0.15) is 0 Å². The first-order valence-electron chi connectivity index (χ1n) is 6.40. The van der Waals surface area contributed by atoms with Crippen LogP contribution in [-0.4, -0.2) is 17.6 Å². The second-order valence-corrected chi connectivity index (χ2v) is 5.99. The number of aromatic nitrogens is 1. The molecule has 3 heteroatoms. The first-order valence-corrected chi connectivity index (χ1v) is 7.28. The van der Waals surface area contributed by atoms with E-state index < -0.39 is 0 Å². The Morgan fingerprint density at radius 2 is 2.44 bits per heavy atom. The molecule has 0 spiro atoms. The van der Waals surface area contributed by atoms with E-state index in [0.29, 0.717) is 6.04 Å². The van der Waals surface area contributed by atoms with Gasteiger partial charge >= 0.3 is 0 Å². The summed E-state index contributed by atoms with van der Waals surface area (Å²) in [4.78, 5) is 5.59. The van der Waals surface area contributed by atoms with Crippen LogP contribution in [0.5, 0.6) is 0 Å². The van der Waals surface area contributed by atoms with Crippen LogP contribution in [0.25, 0.3) is 0 Å². The molecule has 16 heavy (non-hydrogen) atoms. The SMILES string of the molecule is CCNC(Cc1cncs1)C1CCC(C)C1. The number of hydrogen-bond acceptors (Lipinski definition) is 3. The van der Waals surface area contributed by atoms with Gasteiger partial charge in [0, 0.05) is 17.1 Å². The van der Waals surface area contributed by atoms with Crippen LogP contribution in [0.3, 0.4) is 0 Å². The van der Waals surface area contributed by atoms with E-state index in [0.717, 1.165) is 24.8 Å². The Morgan fingerprint density at radius 3 is 3.00 bits per heavy atom. The second-order valence-electron chi connectivity index (χ2n) is 5.01. The average Bonchev–Trinajstić information content (AvgIpc) is 2.88. The summed E-state index contributed by atoms with van der Waals surface area (Å²) >= 11 is 1.79. The van der Waals surface area contributed by atoms with Gasteiger partial charge in [-0.05, 0) is 37.6 Å². The van der Waals surface area contributed by atoms with Gasteiger partial charge in [0.05, 0.1) is 5.51 Å². The van der Waals surface area contributed by atoms with Crippen LogP contribution in [0, 0.1) is 11.8 Å². The maximum Gasteiger partial charge on any atom is 0.0794 e. The van der Waals surface area contributed by atoms with Crippen LogP contribution in [-0.2, 0) is 6.42 Å². The molecule has 0 saturated heterocycles. The lowest BCUT2D eigenvalue weighted by Crippen LogP contribution is -2.36. The second kappa shape index (κ2) is 5.78. The summed E-state index contributed by atoms with van der Waals surface area (Å²) in [5.41, 5.74) is 1.94. The molecule has 1 aliphatic carbocycles. The van der Waals surface area contributed by atoms with Gasteiger partial charge < -0.3 is 5.32 Å². The summed E-state index contributed by atoms with van der Waals surface area (Å²) in [7, 11) is 0. The molecule has 3 unspecified atom stereocenters. The van der Waals surface area contributed by atoms with Crippen LogP contribution in [0.15, 0.2) is 11.7 Å². The predicted octanol–water partition coefficient (Wildman–Crippen LogP) is 3.10. The lowest BCUT2D eigenvalue weighted by molar-refractivity contribution is 0.355. The van der Waals surface area contributed by atoms with Crippen molar-refractivity contribution in [2.24, 2.45) is 11.8 Å². The van der Waals surface area contributed by atoms with E-state index in [2.05, 4.69) is 24.1 Å². The molecule has 0 amide bonds. The van der Waals surface area contributed by atoms with Gasteiger partial charge in [-0.25, -0.2) is 0 Å². The number of likely N-dealkylation sites (N-methyl/N-ethyl adjacent to an activating group) is 1. The summed E-state index contributed by atoms with van der Waals surface area (Å²) < 4.78 is 0. The highest BCUT2D eigenvalue weighted by Gasteiger charge is 2.28. The third kappa shape index (κ3) is 3.05. The third-order valence-corrected chi connectivity index (χ3v) is 4.48. The third-order valence-electron chi connectivity index (χ3n) is 3.68. The lowest BCUT2D eigenvalue weighted by atomic mass is 9.94. The fourth-order valence-corrected chi connectivity index (χ4v) is 3.50. The molecule has 1 aliphatic rings. The Hall–Kier alpha value is -0.410. The predicted molar refractivity (Wildman–Crippen MR) is 69.8 cm³/mol. The minimum absolute atomic E-state index is 0.662. The first-order chi connectivity index (χ1) is 7.79. The van der Waals surface area contributed by atoms with Gasteiger partial charge in [-0.15, -0.1) is 11.3 Å². The lowest BCUT2D eigenvalue weighted by Gasteiger charge is -2.23. The number of nitrogens with one attached hydrogen (secondary N) is 1. The first kappa shape index (κ1) is 12.1. The number of hydrogen-bond donors (Lipinski definition) is 1. The van der Waals surface area contributed by atoms with Crippen LogP contribution in [0.1, 0.15) is 38.0 Å². The fourth-order valence-electron chi connectivity index (χ4n) is 2.84. The summed E-state index contributed by atoms with van der Waals surface area (Å²) in [5.74, 6) is 1.80. The zero-order valence-electron chi connectivity index (χ0n) is 10.3. The number of nitrogens with zero attached hydrogens (tertiary/aromatic N) is 1. The van der Waals surface area contributed by atoms with Gasteiger partial charge in [-0.3, -0.25) is 4.98 Å². The zero-order chi connectivity index (χ0) is 11.4. The molecule has 1 heterocycles. The van der Waals surface area contributed by atoms with Crippen molar-refractivity contribution >= 4 is 11.3 Å². The van der Waals surface area contributed by atoms with Gasteiger partial charge in [-0.2, -0.15) is 0 Å². The molecule has 0 bridgehead atoms. The van der Waals surface area contributed by atoms with E-state index >= 15 is 0 Å². The molecule has 0 aliphatic heterocycles. The largest absolute Gasteiger partial charge is 0.314 e. The Balaban J connectivity index is 1.94. The summed E-state index contributed by atoms with van der Waals surface area (Å²) in [6.07, 6.45) is 7.40. The Labute approximate surface area is 102 Å². The molecule has 1 fully saturated rings. The van der Waals surface area contributed by atoms with Crippen LogP contribution < -0.4 is 5.32 Å². The van der Waals surface area contributed by atoms with E-state index in [1.807, 2.05) is 11.7 Å². The van der Waals surface area contributed by atoms with Crippen molar-refractivity contribution in [2.75, 3.05) is 6.54 Å². The average molecular weight is 238 g/mol. The van der Waals surface area contributed by atoms with Gasteiger partial charge in [0.2, 0.25) is 0 Å². The van der Waals surface area contributed by atoms with Crippen molar-refractivity contribution in [3.05, 3.63) is 16.6 Å². The van der Waals surface area contributed by atoms with Gasteiger partial charge in [-0.1, -0.05) is 20.3 Å². The Kier molecular flexibility index (Phi) is 4.36. The molecular weight excluding hydrogens is 216 g/mol. The van der Waals surface area contributed by atoms with Crippen molar-refractivity contribution in [3.8, 4) is 0 Å². The molecule has 3 atom stereocenters. The topological polar surface area (TPSA) is 24.9 Å². The normalized spacial score (nSPS) is 27.1. The Bertz CT molecular complexity index is 297. The summed E-state index contributed by atoms with van der Waals surface area (Å²) in [6, 6.07) is 0.662. The summed E-state index contributed by atoms with van der Waals surface area (Å²) in [6.45, 7) is 5.67.